The van der Waals surface area contributed by atoms with Crippen LogP contribution in [0.3, 0.4) is 0 Å². The molecule has 0 radical (unpaired) electrons. The number of H-pyrrole nitrogens is 1. The first-order valence-corrected chi connectivity index (χ1v) is 4.81. The summed E-state index contributed by atoms with van der Waals surface area (Å²) in [6, 6.07) is 5.38. The maximum atomic E-state index is 11.3. The third kappa shape index (κ3) is 1.58. The molecule has 0 aliphatic heterocycles. The van der Waals surface area contributed by atoms with Crippen molar-refractivity contribution in [3.63, 3.8) is 0 Å². The summed E-state index contributed by atoms with van der Waals surface area (Å²) >= 11 is 0. The molecule has 0 spiro atoms. The number of carbonyl (C=O) groups excluding carboxylic acids is 1. The van der Waals surface area contributed by atoms with Gasteiger partial charge in [0.2, 0.25) is 0 Å². The quantitative estimate of drug-likeness (QED) is 0.760. The highest BCUT2D eigenvalue weighted by Crippen LogP contribution is 2.18. The average Bonchev–Trinajstić information content (AvgIpc) is 2.69. The Hall–Kier alpha value is -1.84. The topological polar surface area (TPSA) is 55.0 Å². The second-order valence-corrected chi connectivity index (χ2v) is 3.28. The highest BCUT2D eigenvalue weighted by Gasteiger charge is 2.09. The normalized spacial score (nSPS) is 10.5. The Kier molecular flexibility index (Phi) is 2.41. The van der Waals surface area contributed by atoms with E-state index in [0.29, 0.717) is 5.56 Å². The lowest BCUT2D eigenvalue weighted by molar-refractivity contribution is 0.0601. The maximum absolute atomic E-state index is 11.3. The van der Waals surface area contributed by atoms with E-state index in [4.69, 9.17) is 0 Å². The van der Waals surface area contributed by atoms with Gasteiger partial charge in [-0.15, -0.1) is 0 Å². The van der Waals surface area contributed by atoms with Crippen LogP contribution in [0, 0.1) is 0 Å². The van der Waals surface area contributed by atoms with Crippen molar-refractivity contribution < 1.29 is 9.53 Å². The number of aromatic nitrogens is 2. The van der Waals surface area contributed by atoms with Crippen molar-refractivity contribution in [2.75, 3.05) is 7.11 Å². The largest absolute Gasteiger partial charge is 0.465 e. The number of benzene rings is 1. The SMILES string of the molecule is CCc1[nH]nc2cc(C(=O)OC)ccc12. The Labute approximate surface area is 87.2 Å². The predicted molar refractivity (Wildman–Crippen MR) is 56.8 cm³/mol. The molecular weight excluding hydrogens is 192 g/mol. The summed E-state index contributed by atoms with van der Waals surface area (Å²) in [5, 5.41) is 8.14. The molecule has 2 aromatic rings. The Morgan fingerprint density at radius 3 is 3.00 bits per heavy atom. The zero-order valence-electron chi connectivity index (χ0n) is 8.70. The number of nitrogens with one attached hydrogen (secondary N) is 1. The van der Waals surface area contributed by atoms with E-state index in [1.807, 2.05) is 6.07 Å². The molecule has 1 aromatic heterocycles. The molecule has 0 saturated carbocycles. The molecule has 0 aliphatic rings. The molecule has 0 bridgehead atoms. The Morgan fingerprint density at radius 2 is 2.33 bits per heavy atom. The first-order valence-electron chi connectivity index (χ1n) is 4.81. The van der Waals surface area contributed by atoms with Gasteiger partial charge < -0.3 is 4.74 Å². The van der Waals surface area contributed by atoms with Crippen molar-refractivity contribution in [2.24, 2.45) is 0 Å². The Balaban J connectivity index is 2.53. The number of esters is 1. The molecule has 0 unspecified atom stereocenters. The van der Waals surface area contributed by atoms with Gasteiger partial charge in [-0.3, -0.25) is 5.10 Å². The van der Waals surface area contributed by atoms with Crippen LogP contribution in [0.5, 0.6) is 0 Å². The summed E-state index contributed by atoms with van der Waals surface area (Å²) in [5.41, 5.74) is 2.41. The maximum Gasteiger partial charge on any atom is 0.337 e. The zero-order valence-corrected chi connectivity index (χ0v) is 8.70. The molecule has 4 heteroatoms. The van der Waals surface area contributed by atoms with Crippen molar-refractivity contribution >= 4 is 16.9 Å². The second-order valence-electron chi connectivity index (χ2n) is 3.28. The molecule has 4 nitrogen and oxygen atoms in total. The fourth-order valence-corrected chi connectivity index (χ4v) is 1.58. The number of carbonyl (C=O) groups is 1. The van der Waals surface area contributed by atoms with E-state index in [9.17, 15) is 4.79 Å². The van der Waals surface area contributed by atoms with Gasteiger partial charge in [0.05, 0.1) is 18.2 Å². The molecule has 1 heterocycles. The van der Waals surface area contributed by atoms with Crippen LogP contribution >= 0.6 is 0 Å². The molecule has 1 aromatic carbocycles. The number of fused-ring (bicyclic) bond motifs is 1. The molecule has 1 N–H and O–H groups in total. The summed E-state index contributed by atoms with van der Waals surface area (Å²) in [5.74, 6) is -0.335. The molecular formula is C11H12N2O2. The predicted octanol–water partition coefficient (Wildman–Crippen LogP) is 1.91. The van der Waals surface area contributed by atoms with Crippen LogP contribution in [0.2, 0.25) is 0 Å². The van der Waals surface area contributed by atoms with Crippen molar-refractivity contribution in [1.82, 2.24) is 10.2 Å². The number of nitrogens with zero attached hydrogens (tertiary/aromatic N) is 1. The van der Waals surface area contributed by atoms with E-state index in [-0.39, 0.29) is 5.97 Å². The van der Waals surface area contributed by atoms with Gasteiger partial charge in [-0.05, 0) is 18.6 Å². The van der Waals surface area contributed by atoms with Crippen LogP contribution in [0.15, 0.2) is 18.2 Å². The highest BCUT2D eigenvalue weighted by atomic mass is 16.5. The van der Waals surface area contributed by atoms with Crippen LogP contribution < -0.4 is 0 Å². The van der Waals surface area contributed by atoms with Gasteiger partial charge in [-0.1, -0.05) is 13.0 Å². The fourth-order valence-electron chi connectivity index (χ4n) is 1.58. The van der Waals surface area contributed by atoms with E-state index in [0.717, 1.165) is 23.0 Å². The van der Waals surface area contributed by atoms with E-state index >= 15 is 0 Å². The second kappa shape index (κ2) is 3.73. The number of hydrogen-bond donors (Lipinski definition) is 1. The van der Waals surface area contributed by atoms with Crippen LogP contribution in [0.1, 0.15) is 23.0 Å². The number of methoxy groups -OCH3 is 1. The fraction of sp³-hybridized carbons (Fsp3) is 0.273. The first-order chi connectivity index (χ1) is 7.26. The van der Waals surface area contributed by atoms with Gasteiger partial charge in [-0.2, -0.15) is 5.10 Å². The van der Waals surface area contributed by atoms with Gasteiger partial charge in [0.25, 0.3) is 0 Å². The van der Waals surface area contributed by atoms with Gasteiger partial charge in [-0.25, -0.2) is 4.79 Å². The first kappa shape index (κ1) is 9.71. The third-order valence-corrected chi connectivity index (χ3v) is 2.41. The molecule has 2 rings (SSSR count). The van der Waals surface area contributed by atoms with Crippen LogP contribution in [0.4, 0.5) is 0 Å². The minimum atomic E-state index is -0.335. The summed E-state index contributed by atoms with van der Waals surface area (Å²) in [7, 11) is 1.37. The summed E-state index contributed by atoms with van der Waals surface area (Å²) in [4.78, 5) is 11.3. The molecule has 0 fully saturated rings. The Bertz CT molecular complexity index is 502. The standard InChI is InChI=1S/C11H12N2O2/c1-3-9-8-5-4-7(11(14)15-2)6-10(8)13-12-9/h4-6H,3H2,1-2H3,(H,12,13). The lowest BCUT2D eigenvalue weighted by Gasteiger charge is -1.98. The van der Waals surface area contributed by atoms with Gasteiger partial charge >= 0.3 is 5.97 Å². The molecule has 0 aliphatic carbocycles. The van der Waals surface area contributed by atoms with Crippen LogP contribution in [-0.4, -0.2) is 23.3 Å². The van der Waals surface area contributed by atoms with Crippen molar-refractivity contribution in [3.05, 3.63) is 29.5 Å². The summed E-state index contributed by atoms with van der Waals surface area (Å²) in [6.07, 6.45) is 0.897. The van der Waals surface area contributed by atoms with Gasteiger partial charge in [0.1, 0.15) is 0 Å². The Morgan fingerprint density at radius 1 is 1.53 bits per heavy atom. The molecule has 0 amide bonds. The van der Waals surface area contributed by atoms with Crippen LogP contribution in [0.25, 0.3) is 10.9 Å². The number of hydrogen-bond acceptors (Lipinski definition) is 3. The number of aryl methyl sites for hydroxylation is 1. The lowest BCUT2D eigenvalue weighted by Crippen LogP contribution is -2.00. The third-order valence-electron chi connectivity index (χ3n) is 2.41. The van der Waals surface area contributed by atoms with Crippen LogP contribution in [-0.2, 0) is 11.2 Å². The average molecular weight is 204 g/mol. The number of ether oxygens (including phenoxy) is 1. The van der Waals surface area contributed by atoms with Gasteiger partial charge in [0.15, 0.2) is 0 Å². The van der Waals surface area contributed by atoms with E-state index < -0.39 is 0 Å². The number of aromatic amines is 1. The molecule has 78 valence electrons. The summed E-state index contributed by atoms with van der Waals surface area (Å²) in [6.45, 7) is 2.06. The minimum absolute atomic E-state index is 0.335. The minimum Gasteiger partial charge on any atom is -0.465 e. The lowest BCUT2D eigenvalue weighted by atomic mass is 10.1. The van der Waals surface area contributed by atoms with Crippen molar-refractivity contribution in [3.8, 4) is 0 Å². The molecule has 0 atom stereocenters. The monoisotopic (exact) mass is 204 g/mol. The zero-order chi connectivity index (χ0) is 10.8. The number of rotatable bonds is 2. The van der Waals surface area contributed by atoms with Crippen molar-refractivity contribution in [1.29, 1.82) is 0 Å². The summed E-state index contributed by atoms with van der Waals surface area (Å²) < 4.78 is 4.64. The van der Waals surface area contributed by atoms with E-state index in [2.05, 4.69) is 21.9 Å². The van der Waals surface area contributed by atoms with E-state index in [1.54, 1.807) is 12.1 Å². The smallest absolute Gasteiger partial charge is 0.337 e. The molecule has 0 saturated heterocycles. The van der Waals surface area contributed by atoms with Crippen molar-refractivity contribution in [2.45, 2.75) is 13.3 Å². The van der Waals surface area contributed by atoms with E-state index in [1.165, 1.54) is 7.11 Å². The highest BCUT2D eigenvalue weighted by molar-refractivity contribution is 5.94. The molecule has 15 heavy (non-hydrogen) atoms. The van der Waals surface area contributed by atoms with Gasteiger partial charge in [0, 0.05) is 11.1 Å².